The summed E-state index contributed by atoms with van der Waals surface area (Å²) in [6.45, 7) is 0. The van der Waals surface area contributed by atoms with E-state index in [1.54, 1.807) is 0 Å². The number of hydrogen-bond acceptors (Lipinski definition) is 7. The minimum absolute atomic E-state index is 0.0940. The molecule has 0 aromatic rings. The Morgan fingerprint density at radius 3 is 2.35 bits per heavy atom. The van der Waals surface area contributed by atoms with Gasteiger partial charge in [0.05, 0.1) is 0 Å². The van der Waals surface area contributed by atoms with Crippen LogP contribution < -0.4 is 16.4 Å². The molecule has 0 spiro atoms. The number of nitrogens with two attached hydrogens (primary N) is 1. The van der Waals surface area contributed by atoms with E-state index < -0.39 is 35.5 Å². The van der Waals surface area contributed by atoms with E-state index in [1.807, 2.05) is 0 Å². The summed E-state index contributed by atoms with van der Waals surface area (Å²) >= 11 is 0. The van der Waals surface area contributed by atoms with E-state index in [0.717, 1.165) is 14.8 Å². The van der Waals surface area contributed by atoms with Gasteiger partial charge in [-0.15, -0.1) is 0 Å². The van der Waals surface area contributed by atoms with Gasteiger partial charge >= 0.3 is 12.1 Å². The van der Waals surface area contributed by atoms with Gasteiger partial charge in [0.2, 0.25) is 5.54 Å². The number of fused-ring (bicyclic) bond motifs is 1. The van der Waals surface area contributed by atoms with Gasteiger partial charge in [0.15, 0.2) is 17.8 Å². The van der Waals surface area contributed by atoms with Crippen LogP contribution in [0.15, 0.2) is 10.1 Å². The molecule has 2 unspecified atom stereocenters. The van der Waals surface area contributed by atoms with Gasteiger partial charge in [0, 0.05) is 21.1 Å². The van der Waals surface area contributed by atoms with Crippen LogP contribution in [-0.2, 0) is 9.59 Å². The van der Waals surface area contributed by atoms with E-state index >= 15 is 0 Å². The van der Waals surface area contributed by atoms with Crippen molar-refractivity contribution in [3.63, 3.8) is 0 Å². The van der Waals surface area contributed by atoms with Gasteiger partial charge in [-0.05, 0) is 0 Å². The molecule has 12 heteroatoms. The van der Waals surface area contributed by atoms with Crippen LogP contribution in [0.5, 0.6) is 0 Å². The molecule has 1 fully saturated rings. The zero-order valence-corrected chi connectivity index (χ0v) is 12.5. The maximum atomic E-state index is 12.8. The fourth-order valence-corrected chi connectivity index (χ4v) is 2.76. The number of rotatable bonds is 1. The van der Waals surface area contributed by atoms with E-state index in [1.165, 1.54) is 21.1 Å². The highest BCUT2D eigenvalue weighted by atomic mass is 16.2. The third-order valence-corrected chi connectivity index (χ3v) is 3.93. The maximum absolute atomic E-state index is 12.8. The molecule has 4 N–H and O–H groups in total. The molecule has 23 heavy (non-hydrogen) atoms. The quantitative estimate of drug-likeness (QED) is 0.468. The Bertz CT molecular complexity index is 715. The number of imide groups is 1. The van der Waals surface area contributed by atoms with Gasteiger partial charge in [0.1, 0.15) is 0 Å². The van der Waals surface area contributed by atoms with Crippen LogP contribution in [0.2, 0.25) is 0 Å². The fraction of sp³-hybridized carbons (Fsp3) is 0.455. The summed E-state index contributed by atoms with van der Waals surface area (Å²) in [7, 11) is 3.98. The molecule has 3 aliphatic heterocycles. The number of amides is 6. The predicted octanol–water partition coefficient (Wildman–Crippen LogP) is -2.97. The summed E-state index contributed by atoms with van der Waals surface area (Å²) < 4.78 is 0. The predicted molar refractivity (Wildman–Crippen MR) is 75.9 cm³/mol. The Balaban J connectivity index is 2.21. The minimum Gasteiger partial charge on any atom is -0.370 e. The summed E-state index contributed by atoms with van der Waals surface area (Å²) in [6, 6.07) is -2.66. The van der Waals surface area contributed by atoms with Crippen LogP contribution in [0.1, 0.15) is 0 Å². The lowest BCUT2D eigenvalue weighted by Crippen LogP contribution is -2.82. The highest BCUT2D eigenvalue weighted by Crippen LogP contribution is 2.29. The van der Waals surface area contributed by atoms with Gasteiger partial charge in [-0.3, -0.25) is 19.4 Å². The van der Waals surface area contributed by atoms with Crippen molar-refractivity contribution in [3.8, 4) is 0 Å². The van der Waals surface area contributed by atoms with Crippen molar-refractivity contribution in [2.45, 2.75) is 11.6 Å². The molecule has 122 valence electrons. The number of amidine groups is 1. The van der Waals surface area contributed by atoms with Gasteiger partial charge in [-0.1, -0.05) is 0 Å². The molecule has 0 radical (unpaired) electrons. The molecule has 3 heterocycles. The van der Waals surface area contributed by atoms with Crippen LogP contribution in [-0.4, -0.2) is 83.2 Å². The summed E-state index contributed by atoms with van der Waals surface area (Å²) in [5.41, 5.74) is 3.58. The van der Waals surface area contributed by atoms with Crippen molar-refractivity contribution in [3.05, 3.63) is 0 Å². The first-order valence-electron chi connectivity index (χ1n) is 6.55. The molecule has 0 saturated carbocycles. The van der Waals surface area contributed by atoms with Gasteiger partial charge < -0.3 is 16.4 Å². The van der Waals surface area contributed by atoms with Gasteiger partial charge in [-0.25, -0.2) is 14.6 Å². The number of carbonyl (C=O) groups excluding carboxylic acids is 4. The maximum Gasteiger partial charge on any atom is 0.338 e. The van der Waals surface area contributed by atoms with Gasteiger partial charge in [0.25, 0.3) is 11.8 Å². The second-order valence-electron chi connectivity index (χ2n) is 5.30. The summed E-state index contributed by atoms with van der Waals surface area (Å²) in [5, 5.41) is 9.95. The van der Waals surface area contributed by atoms with Crippen molar-refractivity contribution in [2.24, 2.45) is 15.8 Å². The minimum atomic E-state index is -1.91. The number of hydrogen-bond donors (Lipinski definition) is 3. The van der Waals surface area contributed by atoms with Crippen molar-refractivity contribution < 1.29 is 19.2 Å². The smallest absolute Gasteiger partial charge is 0.338 e. The van der Waals surface area contributed by atoms with E-state index in [4.69, 9.17) is 5.73 Å². The average molecular weight is 322 g/mol. The Labute approximate surface area is 129 Å². The third kappa shape index (κ3) is 1.71. The van der Waals surface area contributed by atoms with E-state index in [0.29, 0.717) is 0 Å². The lowest BCUT2D eigenvalue weighted by molar-refractivity contribution is -0.137. The molecular weight excluding hydrogens is 308 g/mol. The normalized spacial score (nSPS) is 30.7. The van der Waals surface area contributed by atoms with Gasteiger partial charge in [-0.2, -0.15) is 10.1 Å². The van der Waals surface area contributed by atoms with Crippen LogP contribution in [0.4, 0.5) is 9.59 Å². The standard InChI is InChI=1S/C11H14N8O4/c1-17-6-11(7(21)18(2)10(17)23,15-9(22)19(3)16-6)4-5(20)14-8(12)13-4/h4H,1-3H3,(H,15,22)(H3,12,13,14,20). The highest BCUT2D eigenvalue weighted by molar-refractivity contribution is 6.29. The molecular formula is C11H14N8O4. The number of carbonyl (C=O) groups is 4. The lowest BCUT2D eigenvalue weighted by Gasteiger charge is -2.48. The number of urea groups is 2. The molecule has 1 saturated heterocycles. The van der Waals surface area contributed by atoms with Crippen molar-refractivity contribution in [2.75, 3.05) is 21.1 Å². The molecule has 0 aliphatic carbocycles. The lowest BCUT2D eigenvalue weighted by atomic mass is 9.84. The number of nitrogens with one attached hydrogen (secondary N) is 2. The zero-order chi connectivity index (χ0) is 17.1. The topological polar surface area (TPSA) is 153 Å². The Morgan fingerprint density at radius 1 is 1.13 bits per heavy atom. The number of guanidine groups is 1. The van der Waals surface area contributed by atoms with Crippen LogP contribution in [0.25, 0.3) is 0 Å². The van der Waals surface area contributed by atoms with E-state index in [-0.39, 0.29) is 11.8 Å². The molecule has 12 nitrogen and oxygen atoms in total. The molecule has 3 rings (SSSR count). The first-order valence-corrected chi connectivity index (χ1v) is 6.55. The molecule has 0 aromatic carbocycles. The van der Waals surface area contributed by atoms with Crippen molar-refractivity contribution in [1.29, 1.82) is 0 Å². The van der Waals surface area contributed by atoms with E-state index in [2.05, 4.69) is 20.7 Å². The molecule has 2 atom stereocenters. The summed E-state index contributed by atoms with van der Waals surface area (Å²) in [4.78, 5) is 54.6. The fourth-order valence-electron chi connectivity index (χ4n) is 2.76. The average Bonchev–Trinajstić information content (AvgIpc) is 2.84. The number of aliphatic imine (C=N–C) groups is 1. The van der Waals surface area contributed by atoms with E-state index in [9.17, 15) is 19.2 Å². The summed E-state index contributed by atoms with van der Waals surface area (Å²) in [5.74, 6) is -1.83. The first kappa shape index (κ1) is 14.7. The number of likely N-dealkylation sites (N-methyl/N-ethyl adjacent to an activating group) is 2. The van der Waals surface area contributed by atoms with Crippen LogP contribution >= 0.6 is 0 Å². The Morgan fingerprint density at radius 2 is 1.78 bits per heavy atom. The molecule has 6 amide bonds. The van der Waals surface area contributed by atoms with Crippen LogP contribution in [0, 0.1) is 0 Å². The Kier molecular flexibility index (Phi) is 2.83. The van der Waals surface area contributed by atoms with Crippen molar-refractivity contribution >= 4 is 35.7 Å². The SMILES string of the molecule is CN1N=C2N(C)C(=O)N(C)C(=O)C2(C2NC(N)=NC2=O)NC1=O. The largest absolute Gasteiger partial charge is 0.370 e. The number of hydrazone groups is 1. The zero-order valence-electron chi connectivity index (χ0n) is 12.5. The number of nitrogens with zero attached hydrogens (tertiary/aromatic N) is 5. The monoisotopic (exact) mass is 322 g/mol. The Hall–Kier alpha value is -3.18. The molecule has 0 bridgehead atoms. The first-order chi connectivity index (χ1) is 10.7. The third-order valence-electron chi connectivity index (χ3n) is 3.93. The van der Waals surface area contributed by atoms with Crippen molar-refractivity contribution in [1.82, 2.24) is 25.4 Å². The highest BCUT2D eigenvalue weighted by Gasteiger charge is 2.64. The molecule has 0 aromatic heterocycles. The second-order valence-corrected chi connectivity index (χ2v) is 5.30. The van der Waals surface area contributed by atoms with Crippen LogP contribution in [0.3, 0.4) is 0 Å². The second kappa shape index (κ2) is 4.41. The summed E-state index contributed by atoms with van der Waals surface area (Å²) in [6.07, 6.45) is 0. The molecule has 3 aliphatic rings.